The molecule has 0 saturated carbocycles. The molecule has 0 fully saturated rings. The molecule has 0 saturated heterocycles. The highest BCUT2D eigenvalue weighted by molar-refractivity contribution is 5.85. The number of hydrogen-bond donors (Lipinski definition) is 2. The van der Waals surface area contributed by atoms with E-state index in [2.05, 4.69) is 22.3 Å². The minimum atomic E-state index is -2.86. The minimum absolute atomic E-state index is 0. The van der Waals surface area contributed by atoms with Crippen LogP contribution >= 0.6 is 12.4 Å². The van der Waals surface area contributed by atoms with Gasteiger partial charge in [0.2, 0.25) is 5.91 Å². The average molecular weight is 323 g/mol. The molecule has 0 spiro atoms. The van der Waals surface area contributed by atoms with Gasteiger partial charge >= 0.3 is 6.61 Å². The van der Waals surface area contributed by atoms with Gasteiger partial charge in [0.25, 0.3) is 0 Å². The quantitative estimate of drug-likeness (QED) is 0.686. The Kier molecular flexibility index (Phi) is 10.5. The Morgan fingerprint density at radius 2 is 2.05 bits per heavy atom. The van der Waals surface area contributed by atoms with E-state index < -0.39 is 6.61 Å². The fraction of sp³-hybridized carbons (Fsp3) is 0.500. The van der Waals surface area contributed by atoms with E-state index in [-0.39, 0.29) is 30.5 Å². The molecule has 0 aromatic heterocycles. The largest absolute Gasteiger partial charge is 0.435 e. The van der Waals surface area contributed by atoms with Gasteiger partial charge in [-0.1, -0.05) is 19.1 Å². The molecule has 1 aromatic rings. The summed E-state index contributed by atoms with van der Waals surface area (Å²) in [5, 5.41) is 5.93. The van der Waals surface area contributed by atoms with Crippen LogP contribution in [0, 0.1) is 0 Å². The van der Waals surface area contributed by atoms with Crippen LogP contribution in [-0.2, 0) is 11.2 Å². The summed E-state index contributed by atoms with van der Waals surface area (Å²) >= 11 is 0. The summed E-state index contributed by atoms with van der Waals surface area (Å²) in [6.45, 7) is 1.40. The van der Waals surface area contributed by atoms with Crippen molar-refractivity contribution in [3.8, 4) is 5.75 Å². The number of ether oxygens (including phenoxy) is 1. The summed E-state index contributed by atoms with van der Waals surface area (Å²) in [5.41, 5.74) is 0.641. The first kappa shape index (κ1) is 19.6. The molecule has 1 amide bonds. The van der Waals surface area contributed by atoms with Crippen LogP contribution in [0.3, 0.4) is 0 Å². The van der Waals surface area contributed by atoms with Crippen molar-refractivity contribution in [1.82, 2.24) is 10.6 Å². The second kappa shape index (κ2) is 11.3. The molecule has 0 aliphatic heterocycles. The van der Waals surface area contributed by atoms with Crippen molar-refractivity contribution < 1.29 is 18.3 Å². The van der Waals surface area contributed by atoms with Gasteiger partial charge in [-0.25, -0.2) is 0 Å². The van der Waals surface area contributed by atoms with Gasteiger partial charge in [0, 0.05) is 13.1 Å². The molecule has 0 heterocycles. The topological polar surface area (TPSA) is 50.4 Å². The third kappa shape index (κ3) is 9.20. The van der Waals surface area contributed by atoms with Crippen molar-refractivity contribution in [3.05, 3.63) is 29.8 Å². The van der Waals surface area contributed by atoms with Crippen molar-refractivity contribution in [2.24, 2.45) is 0 Å². The second-order valence-electron chi connectivity index (χ2n) is 4.30. The Morgan fingerprint density at radius 1 is 1.29 bits per heavy atom. The fourth-order valence-electron chi connectivity index (χ4n) is 1.67. The second-order valence-corrected chi connectivity index (χ2v) is 4.30. The van der Waals surface area contributed by atoms with E-state index in [0.717, 1.165) is 13.0 Å². The molecular weight excluding hydrogens is 302 g/mol. The maximum Gasteiger partial charge on any atom is 0.387 e. The summed E-state index contributed by atoms with van der Waals surface area (Å²) < 4.78 is 28.4. The van der Waals surface area contributed by atoms with Crippen molar-refractivity contribution in [2.45, 2.75) is 26.4 Å². The van der Waals surface area contributed by atoms with Gasteiger partial charge in [0.15, 0.2) is 0 Å². The summed E-state index contributed by atoms with van der Waals surface area (Å²) in [5.74, 6) is -0.0765. The minimum Gasteiger partial charge on any atom is -0.435 e. The van der Waals surface area contributed by atoms with E-state index in [1.54, 1.807) is 12.1 Å². The van der Waals surface area contributed by atoms with E-state index in [4.69, 9.17) is 0 Å². The van der Waals surface area contributed by atoms with Crippen LogP contribution in [0.5, 0.6) is 5.75 Å². The van der Waals surface area contributed by atoms with E-state index in [9.17, 15) is 13.6 Å². The summed E-state index contributed by atoms with van der Waals surface area (Å²) in [6, 6.07) is 6.17. The molecule has 0 aliphatic rings. The van der Waals surface area contributed by atoms with Crippen LogP contribution in [0.25, 0.3) is 0 Å². The number of rotatable bonds is 9. The molecule has 0 atom stereocenters. The van der Waals surface area contributed by atoms with Gasteiger partial charge < -0.3 is 15.4 Å². The normalized spacial score (nSPS) is 10.1. The van der Waals surface area contributed by atoms with Gasteiger partial charge in [-0.2, -0.15) is 8.78 Å². The monoisotopic (exact) mass is 322 g/mol. The lowest BCUT2D eigenvalue weighted by Gasteiger charge is -2.08. The number of carbonyl (C=O) groups excluding carboxylic acids is 1. The van der Waals surface area contributed by atoms with Gasteiger partial charge in [-0.05, 0) is 30.7 Å². The van der Waals surface area contributed by atoms with E-state index in [1.807, 2.05) is 0 Å². The van der Waals surface area contributed by atoms with E-state index in [0.29, 0.717) is 18.7 Å². The number of halogens is 3. The Bertz CT molecular complexity index is 420. The van der Waals surface area contributed by atoms with Gasteiger partial charge in [-0.15, -0.1) is 12.4 Å². The lowest BCUT2D eigenvalue weighted by Crippen LogP contribution is -2.32. The molecule has 0 aliphatic carbocycles. The van der Waals surface area contributed by atoms with Crippen LogP contribution in [0.2, 0.25) is 0 Å². The van der Waals surface area contributed by atoms with Crippen LogP contribution in [-0.4, -0.2) is 32.2 Å². The predicted octanol–water partition coefficient (Wildman–Crippen LogP) is 2.37. The highest BCUT2D eigenvalue weighted by Crippen LogP contribution is 2.16. The molecule has 2 N–H and O–H groups in total. The highest BCUT2D eigenvalue weighted by Gasteiger charge is 2.07. The maximum atomic E-state index is 12.1. The zero-order valence-corrected chi connectivity index (χ0v) is 12.7. The summed E-state index contributed by atoms with van der Waals surface area (Å²) in [4.78, 5) is 11.7. The van der Waals surface area contributed by atoms with Crippen molar-refractivity contribution in [2.75, 3.05) is 19.6 Å². The number of amides is 1. The molecule has 1 rings (SSSR count). The molecular formula is C14H21ClF2N2O2. The highest BCUT2D eigenvalue weighted by atomic mass is 35.5. The zero-order chi connectivity index (χ0) is 14.8. The zero-order valence-electron chi connectivity index (χ0n) is 11.9. The van der Waals surface area contributed by atoms with Gasteiger partial charge in [0.05, 0.1) is 6.42 Å². The lowest BCUT2D eigenvalue weighted by molar-refractivity contribution is -0.120. The first-order valence-corrected chi connectivity index (χ1v) is 6.63. The number of carbonyl (C=O) groups is 1. The standard InChI is InChI=1S/C14H20F2N2O2.ClH/c1-2-6-17-7-8-18-13(19)10-11-4-3-5-12(9-11)20-14(15)16;/h3-5,9,14,17H,2,6-8,10H2,1H3,(H,18,19);1H. The van der Waals surface area contributed by atoms with Crippen LogP contribution < -0.4 is 15.4 Å². The molecule has 0 bridgehead atoms. The fourth-order valence-corrected chi connectivity index (χ4v) is 1.67. The summed E-state index contributed by atoms with van der Waals surface area (Å²) in [7, 11) is 0. The van der Waals surface area contributed by atoms with Crippen LogP contribution in [0.1, 0.15) is 18.9 Å². The maximum absolute atomic E-state index is 12.1. The third-order valence-electron chi connectivity index (χ3n) is 2.54. The van der Waals surface area contributed by atoms with Gasteiger partial charge in [0.1, 0.15) is 5.75 Å². The smallest absolute Gasteiger partial charge is 0.387 e. The Labute approximate surface area is 129 Å². The van der Waals surface area contributed by atoms with E-state index in [1.165, 1.54) is 12.1 Å². The first-order valence-electron chi connectivity index (χ1n) is 6.63. The number of benzene rings is 1. The van der Waals surface area contributed by atoms with Crippen molar-refractivity contribution in [3.63, 3.8) is 0 Å². The predicted molar refractivity (Wildman–Crippen MR) is 80.2 cm³/mol. The van der Waals surface area contributed by atoms with Crippen molar-refractivity contribution in [1.29, 1.82) is 0 Å². The SMILES string of the molecule is CCCNCCNC(=O)Cc1cccc(OC(F)F)c1.Cl. The molecule has 21 heavy (non-hydrogen) atoms. The van der Waals surface area contributed by atoms with Crippen molar-refractivity contribution >= 4 is 18.3 Å². The molecule has 4 nitrogen and oxygen atoms in total. The number of nitrogens with one attached hydrogen (secondary N) is 2. The average Bonchev–Trinajstić information content (AvgIpc) is 2.38. The van der Waals surface area contributed by atoms with Crippen LogP contribution in [0.4, 0.5) is 8.78 Å². The van der Waals surface area contributed by atoms with Crippen LogP contribution in [0.15, 0.2) is 24.3 Å². The van der Waals surface area contributed by atoms with Gasteiger partial charge in [-0.3, -0.25) is 4.79 Å². The molecule has 7 heteroatoms. The lowest BCUT2D eigenvalue weighted by atomic mass is 10.1. The Balaban J connectivity index is 0.00000400. The van der Waals surface area contributed by atoms with E-state index >= 15 is 0 Å². The number of hydrogen-bond acceptors (Lipinski definition) is 3. The number of alkyl halides is 2. The molecule has 1 aromatic carbocycles. The molecule has 0 unspecified atom stereocenters. The molecule has 120 valence electrons. The Hall–Kier alpha value is -1.40. The first-order chi connectivity index (χ1) is 9.61. The molecule has 0 radical (unpaired) electrons. The summed E-state index contributed by atoms with van der Waals surface area (Å²) in [6.07, 6.45) is 1.19. The third-order valence-corrected chi connectivity index (χ3v) is 2.54. The Morgan fingerprint density at radius 3 is 2.71 bits per heavy atom.